The first-order valence-corrected chi connectivity index (χ1v) is 8.31. The Morgan fingerprint density at radius 1 is 1.36 bits per heavy atom. The lowest BCUT2D eigenvalue weighted by Crippen LogP contribution is -2.33. The van der Waals surface area contributed by atoms with E-state index in [4.69, 9.17) is 9.15 Å². The van der Waals surface area contributed by atoms with Gasteiger partial charge in [-0.15, -0.1) is 0 Å². The van der Waals surface area contributed by atoms with Gasteiger partial charge in [0.2, 0.25) is 11.2 Å². The van der Waals surface area contributed by atoms with Gasteiger partial charge in [0.15, 0.2) is 5.76 Å². The Morgan fingerprint density at radius 2 is 2.12 bits per heavy atom. The van der Waals surface area contributed by atoms with E-state index in [1.54, 1.807) is 11.9 Å². The van der Waals surface area contributed by atoms with Gasteiger partial charge < -0.3 is 19.0 Å². The number of ether oxygens (including phenoxy) is 1. The van der Waals surface area contributed by atoms with Crippen LogP contribution in [0.15, 0.2) is 51.9 Å². The zero-order chi connectivity index (χ0) is 17.8. The van der Waals surface area contributed by atoms with Crippen molar-refractivity contribution in [3.05, 3.63) is 58.6 Å². The fraction of sp³-hybridized carbons (Fsp3) is 0.368. The van der Waals surface area contributed by atoms with Crippen LogP contribution in [0, 0.1) is 5.92 Å². The summed E-state index contributed by atoms with van der Waals surface area (Å²) in [5, 5.41) is 0. The molecule has 0 unspecified atom stereocenters. The summed E-state index contributed by atoms with van der Waals surface area (Å²) < 4.78 is 10.1. The van der Waals surface area contributed by atoms with E-state index in [1.165, 1.54) is 25.1 Å². The van der Waals surface area contributed by atoms with E-state index in [1.807, 2.05) is 18.2 Å². The molecule has 1 aliphatic heterocycles. The summed E-state index contributed by atoms with van der Waals surface area (Å²) in [4.78, 5) is 28.2. The molecule has 1 amide bonds. The van der Waals surface area contributed by atoms with Gasteiger partial charge in [-0.1, -0.05) is 18.2 Å². The minimum atomic E-state index is -0.360. The number of methoxy groups -OCH3 is 1. The molecule has 2 aromatic rings. The topological polar surface area (TPSA) is 63.0 Å². The highest BCUT2D eigenvalue weighted by Gasteiger charge is 2.26. The number of hydrogen-bond donors (Lipinski definition) is 0. The van der Waals surface area contributed by atoms with Crippen LogP contribution < -0.4 is 15.1 Å². The molecule has 1 fully saturated rings. The van der Waals surface area contributed by atoms with Crippen molar-refractivity contribution in [1.82, 2.24) is 4.90 Å². The normalized spacial score (nSPS) is 16.7. The average molecular weight is 342 g/mol. The Kier molecular flexibility index (Phi) is 5.07. The summed E-state index contributed by atoms with van der Waals surface area (Å²) in [5.74, 6) is 0.219. The molecule has 3 rings (SSSR count). The molecule has 1 aliphatic rings. The Morgan fingerprint density at radius 3 is 2.80 bits per heavy atom. The second kappa shape index (κ2) is 7.42. The minimum Gasteiger partial charge on any atom is -0.490 e. The zero-order valence-corrected chi connectivity index (χ0v) is 14.5. The third kappa shape index (κ3) is 3.84. The van der Waals surface area contributed by atoms with E-state index in [-0.39, 0.29) is 22.8 Å². The van der Waals surface area contributed by atoms with Crippen molar-refractivity contribution >= 4 is 11.6 Å². The average Bonchev–Trinajstić information content (AvgIpc) is 3.10. The Balaban J connectivity index is 1.61. The standard InChI is InChI=1S/C19H22N2O4/c1-20(19(23)17-10-16(22)18(24-2)13-25-17)11-14-8-9-21(12-14)15-6-4-3-5-7-15/h3-7,10,13-14H,8-9,11-12H2,1-2H3/t14-/m1/s1. The fourth-order valence-electron chi connectivity index (χ4n) is 3.17. The molecule has 0 bridgehead atoms. The second-order valence-corrected chi connectivity index (χ2v) is 6.30. The summed E-state index contributed by atoms with van der Waals surface area (Å²) >= 11 is 0. The molecule has 0 aliphatic carbocycles. The number of para-hydroxylation sites is 1. The molecule has 0 radical (unpaired) electrons. The lowest BCUT2D eigenvalue weighted by molar-refractivity contribution is 0.0741. The highest BCUT2D eigenvalue weighted by molar-refractivity contribution is 5.91. The molecular weight excluding hydrogens is 320 g/mol. The molecule has 6 heteroatoms. The van der Waals surface area contributed by atoms with Gasteiger partial charge in [-0.2, -0.15) is 0 Å². The summed E-state index contributed by atoms with van der Waals surface area (Å²) in [6.07, 6.45) is 2.20. The lowest BCUT2D eigenvalue weighted by atomic mass is 10.1. The van der Waals surface area contributed by atoms with Crippen LogP contribution in [0.25, 0.3) is 0 Å². The molecule has 0 N–H and O–H groups in total. The van der Waals surface area contributed by atoms with Crippen LogP contribution in [0.3, 0.4) is 0 Å². The van der Waals surface area contributed by atoms with Gasteiger partial charge in [0.05, 0.1) is 7.11 Å². The number of benzene rings is 1. The molecule has 6 nitrogen and oxygen atoms in total. The van der Waals surface area contributed by atoms with Crippen LogP contribution in [-0.4, -0.2) is 44.6 Å². The predicted molar refractivity (Wildman–Crippen MR) is 95.3 cm³/mol. The number of anilines is 1. The molecular formula is C19H22N2O4. The maximum absolute atomic E-state index is 12.5. The van der Waals surface area contributed by atoms with Gasteiger partial charge in [-0.3, -0.25) is 9.59 Å². The molecule has 2 heterocycles. The van der Waals surface area contributed by atoms with Crippen LogP contribution >= 0.6 is 0 Å². The van der Waals surface area contributed by atoms with Crippen molar-refractivity contribution in [3.63, 3.8) is 0 Å². The van der Waals surface area contributed by atoms with Crippen molar-refractivity contribution in [2.24, 2.45) is 5.92 Å². The van der Waals surface area contributed by atoms with Crippen LogP contribution in [0.2, 0.25) is 0 Å². The number of nitrogens with zero attached hydrogens (tertiary/aromatic N) is 2. The zero-order valence-electron chi connectivity index (χ0n) is 14.5. The van der Waals surface area contributed by atoms with E-state index >= 15 is 0 Å². The van der Waals surface area contributed by atoms with Gasteiger partial charge in [0.1, 0.15) is 6.26 Å². The first kappa shape index (κ1) is 17.1. The smallest absolute Gasteiger partial charge is 0.289 e. The van der Waals surface area contributed by atoms with Crippen LogP contribution in [-0.2, 0) is 0 Å². The first-order valence-electron chi connectivity index (χ1n) is 8.31. The number of carbonyl (C=O) groups excluding carboxylic acids is 1. The molecule has 0 spiro atoms. The van der Waals surface area contributed by atoms with Crippen molar-refractivity contribution in [2.75, 3.05) is 38.7 Å². The number of hydrogen-bond acceptors (Lipinski definition) is 5. The van der Waals surface area contributed by atoms with Crippen molar-refractivity contribution in [2.45, 2.75) is 6.42 Å². The Labute approximate surface area is 146 Å². The second-order valence-electron chi connectivity index (χ2n) is 6.30. The van der Waals surface area contributed by atoms with E-state index in [9.17, 15) is 9.59 Å². The van der Waals surface area contributed by atoms with Crippen LogP contribution in [0.5, 0.6) is 5.75 Å². The maximum atomic E-state index is 12.5. The van der Waals surface area contributed by atoms with Gasteiger partial charge >= 0.3 is 0 Å². The third-order valence-corrected chi connectivity index (χ3v) is 4.51. The first-order chi connectivity index (χ1) is 12.1. The number of carbonyl (C=O) groups is 1. The number of rotatable bonds is 5. The van der Waals surface area contributed by atoms with E-state index in [0.717, 1.165) is 19.5 Å². The maximum Gasteiger partial charge on any atom is 0.289 e. The van der Waals surface area contributed by atoms with Gasteiger partial charge in [-0.25, -0.2) is 0 Å². The van der Waals surface area contributed by atoms with Crippen LogP contribution in [0.1, 0.15) is 17.0 Å². The highest BCUT2D eigenvalue weighted by atomic mass is 16.5. The summed E-state index contributed by atoms with van der Waals surface area (Å²) in [7, 11) is 3.12. The number of amides is 1. The molecule has 1 atom stereocenters. The van der Waals surface area contributed by atoms with E-state index < -0.39 is 0 Å². The summed E-state index contributed by atoms with van der Waals surface area (Å²) in [5.41, 5.74) is 0.849. The molecule has 1 saturated heterocycles. The van der Waals surface area contributed by atoms with Crippen LogP contribution in [0.4, 0.5) is 5.69 Å². The monoisotopic (exact) mass is 342 g/mol. The summed E-state index contributed by atoms with van der Waals surface area (Å²) in [6.45, 7) is 2.51. The largest absolute Gasteiger partial charge is 0.490 e. The van der Waals surface area contributed by atoms with Gasteiger partial charge in [0, 0.05) is 38.4 Å². The molecule has 25 heavy (non-hydrogen) atoms. The van der Waals surface area contributed by atoms with E-state index in [2.05, 4.69) is 17.0 Å². The quantitative estimate of drug-likeness (QED) is 0.834. The predicted octanol–water partition coefficient (Wildman–Crippen LogP) is 2.25. The van der Waals surface area contributed by atoms with Crippen molar-refractivity contribution in [1.29, 1.82) is 0 Å². The molecule has 132 valence electrons. The summed E-state index contributed by atoms with van der Waals surface area (Å²) in [6, 6.07) is 11.5. The Bertz CT molecular complexity index is 788. The van der Waals surface area contributed by atoms with Gasteiger partial charge in [-0.05, 0) is 24.5 Å². The molecule has 1 aromatic heterocycles. The molecule has 0 saturated carbocycles. The SMILES string of the molecule is COc1coc(C(=O)N(C)C[C@H]2CCN(c3ccccc3)C2)cc1=O. The Hall–Kier alpha value is -2.76. The molecule has 1 aromatic carbocycles. The lowest BCUT2D eigenvalue weighted by Gasteiger charge is -2.22. The van der Waals surface area contributed by atoms with Crippen molar-refractivity contribution in [3.8, 4) is 5.75 Å². The third-order valence-electron chi connectivity index (χ3n) is 4.51. The highest BCUT2D eigenvalue weighted by Crippen LogP contribution is 2.24. The van der Waals surface area contributed by atoms with Crippen molar-refractivity contribution < 1.29 is 13.9 Å². The van der Waals surface area contributed by atoms with E-state index in [0.29, 0.717) is 12.5 Å². The minimum absolute atomic E-state index is 0.0335. The van der Waals surface area contributed by atoms with Gasteiger partial charge in [0.25, 0.3) is 5.91 Å². The fourth-order valence-corrected chi connectivity index (χ4v) is 3.17.